The van der Waals surface area contributed by atoms with Crippen molar-refractivity contribution in [1.82, 2.24) is 9.71 Å². The summed E-state index contributed by atoms with van der Waals surface area (Å²) in [7, 11) is -3.51. The summed E-state index contributed by atoms with van der Waals surface area (Å²) >= 11 is 1.60. The predicted octanol–water partition coefficient (Wildman–Crippen LogP) is 1.73. The Hall–Kier alpha value is -1.57. The second-order valence-electron chi connectivity index (χ2n) is 3.98. The highest BCUT2D eigenvalue weighted by Gasteiger charge is 2.13. The van der Waals surface area contributed by atoms with Gasteiger partial charge in [0, 0.05) is 23.4 Å². The predicted molar refractivity (Wildman–Crippen MR) is 81.0 cm³/mol. The van der Waals surface area contributed by atoms with Crippen LogP contribution in [0.3, 0.4) is 0 Å². The smallest absolute Gasteiger partial charge is 0.242 e. The lowest BCUT2D eigenvalue weighted by Gasteiger charge is -2.06. The number of pyridine rings is 1. The fourth-order valence-electron chi connectivity index (χ4n) is 1.50. The van der Waals surface area contributed by atoms with Crippen molar-refractivity contribution in [3.8, 4) is 0 Å². The van der Waals surface area contributed by atoms with Crippen LogP contribution in [0.15, 0.2) is 58.5 Å². The second-order valence-corrected chi connectivity index (χ2v) is 6.91. The summed E-state index contributed by atoms with van der Waals surface area (Å²) in [6, 6.07) is 12.7. The van der Waals surface area contributed by atoms with Gasteiger partial charge in [0.05, 0.1) is 0 Å². The quantitative estimate of drug-likeness (QED) is 0.627. The molecule has 0 aliphatic carbocycles. The highest BCUT2D eigenvalue weighted by atomic mass is 32.2. The fraction of sp³-hybridized carbons (Fsp3) is 0.154. The molecule has 0 radical (unpaired) electrons. The summed E-state index contributed by atoms with van der Waals surface area (Å²) in [5.41, 5.74) is 5.43. The summed E-state index contributed by atoms with van der Waals surface area (Å²) in [6.07, 6.45) is 1.25. The van der Waals surface area contributed by atoms with Gasteiger partial charge in [-0.25, -0.2) is 18.1 Å². The largest absolute Gasteiger partial charge is 0.384 e. The maximum Gasteiger partial charge on any atom is 0.242 e. The van der Waals surface area contributed by atoms with Crippen LogP contribution in [0.4, 0.5) is 5.82 Å². The average molecular weight is 309 g/mol. The van der Waals surface area contributed by atoms with E-state index in [1.165, 1.54) is 18.3 Å². The minimum Gasteiger partial charge on any atom is -0.384 e. The first-order valence-corrected chi connectivity index (χ1v) is 8.44. The van der Waals surface area contributed by atoms with E-state index < -0.39 is 10.0 Å². The number of hydrogen-bond donors (Lipinski definition) is 2. The van der Waals surface area contributed by atoms with Crippen molar-refractivity contribution in [3.63, 3.8) is 0 Å². The van der Waals surface area contributed by atoms with Gasteiger partial charge in [-0.3, -0.25) is 0 Å². The molecule has 0 atom stereocenters. The molecule has 2 rings (SSSR count). The summed E-state index contributed by atoms with van der Waals surface area (Å²) in [6.45, 7) is 0.353. The Morgan fingerprint density at radius 2 is 1.90 bits per heavy atom. The minimum absolute atomic E-state index is 0.122. The molecule has 0 aliphatic rings. The van der Waals surface area contributed by atoms with Crippen LogP contribution in [-0.2, 0) is 10.0 Å². The van der Waals surface area contributed by atoms with Crippen molar-refractivity contribution in [3.05, 3.63) is 48.7 Å². The van der Waals surface area contributed by atoms with Gasteiger partial charge >= 0.3 is 0 Å². The molecule has 0 amide bonds. The highest BCUT2D eigenvalue weighted by Crippen LogP contribution is 2.16. The van der Waals surface area contributed by atoms with E-state index in [9.17, 15) is 8.42 Å². The van der Waals surface area contributed by atoms with E-state index >= 15 is 0 Å². The van der Waals surface area contributed by atoms with E-state index in [1.807, 2.05) is 30.3 Å². The highest BCUT2D eigenvalue weighted by molar-refractivity contribution is 7.99. The molecule has 0 bridgehead atoms. The molecular formula is C13H15N3O2S2. The Labute approximate surface area is 122 Å². The van der Waals surface area contributed by atoms with Crippen LogP contribution in [0.2, 0.25) is 0 Å². The van der Waals surface area contributed by atoms with Crippen LogP contribution in [-0.4, -0.2) is 25.7 Å². The molecule has 0 unspecified atom stereocenters. The van der Waals surface area contributed by atoms with E-state index in [2.05, 4.69) is 9.71 Å². The lowest BCUT2D eigenvalue weighted by molar-refractivity contribution is 0.584. The van der Waals surface area contributed by atoms with Crippen molar-refractivity contribution < 1.29 is 8.42 Å². The molecule has 1 aromatic carbocycles. The average Bonchev–Trinajstić information content (AvgIpc) is 2.45. The Morgan fingerprint density at radius 3 is 2.55 bits per heavy atom. The molecular weight excluding hydrogens is 294 g/mol. The summed E-state index contributed by atoms with van der Waals surface area (Å²) in [4.78, 5) is 5.01. The van der Waals surface area contributed by atoms with E-state index in [0.29, 0.717) is 18.1 Å². The number of aromatic nitrogens is 1. The van der Waals surface area contributed by atoms with Crippen molar-refractivity contribution in [2.75, 3.05) is 18.0 Å². The topological polar surface area (TPSA) is 85.1 Å². The molecule has 1 aromatic heterocycles. The number of thioether (sulfide) groups is 1. The third kappa shape index (κ3) is 4.22. The second kappa shape index (κ2) is 6.74. The van der Waals surface area contributed by atoms with Crippen molar-refractivity contribution in [2.45, 2.75) is 9.79 Å². The van der Waals surface area contributed by atoms with Gasteiger partial charge in [-0.15, -0.1) is 11.8 Å². The van der Waals surface area contributed by atoms with Crippen LogP contribution < -0.4 is 10.5 Å². The van der Waals surface area contributed by atoms with Gasteiger partial charge in [0.15, 0.2) is 0 Å². The standard InChI is InChI=1S/C13H15N3O2S2/c14-13-7-6-12(10-15-13)20(17,18)16-8-9-19-11-4-2-1-3-5-11/h1-7,10,16H,8-9H2,(H2,14,15). The summed E-state index contributed by atoms with van der Waals surface area (Å²) in [5.74, 6) is 0.953. The maximum absolute atomic E-state index is 12.0. The zero-order chi connectivity index (χ0) is 14.4. The number of nitrogens with zero attached hydrogens (tertiary/aromatic N) is 1. The number of rotatable bonds is 6. The Morgan fingerprint density at radius 1 is 1.15 bits per heavy atom. The molecule has 20 heavy (non-hydrogen) atoms. The third-order valence-electron chi connectivity index (χ3n) is 2.48. The third-order valence-corrected chi connectivity index (χ3v) is 4.94. The van der Waals surface area contributed by atoms with Gasteiger partial charge in [-0.2, -0.15) is 0 Å². The van der Waals surface area contributed by atoms with Crippen molar-refractivity contribution >= 4 is 27.6 Å². The van der Waals surface area contributed by atoms with Crippen molar-refractivity contribution in [1.29, 1.82) is 0 Å². The van der Waals surface area contributed by atoms with Gasteiger partial charge in [0.25, 0.3) is 0 Å². The van der Waals surface area contributed by atoms with Gasteiger partial charge < -0.3 is 5.73 Å². The number of hydrogen-bond acceptors (Lipinski definition) is 5. The molecule has 0 saturated heterocycles. The molecule has 0 fully saturated rings. The zero-order valence-corrected chi connectivity index (χ0v) is 12.3. The lowest BCUT2D eigenvalue weighted by atomic mass is 10.4. The van der Waals surface area contributed by atoms with Crippen molar-refractivity contribution in [2.24, 2.45) is 0 Å². The number of nitrogens with one attached hydrogen (secondary N) is 1. The number of sulfonamides is 1. The van der Waals surface area contributed by atoms with Gasteiger partial charge in [-0.1, -0.05) is 18.2 Å². The Bertz CT molecular complexity index is 643. The fourth-order valence-corrected chi connectivity index (χ4v) is 3.39. The number of nitrogen functional groups attached to an aromatic ring is 1. The van der Waals surface area contributed by atoms with Gasteiger partial charge in [-0.05, 0) is 24.3 Å². The number of benzene rings is 1. The van der Waals surface area contributed by atoms with E-state index in [0.717, 1.165) is 4.90 Å². The monoisotopic (exact) mass is 309 g/mol. The first-order valence-electron chi connectivity index (χ1n) is 5.97. The number of anilines is 1. The van der Waals surface area contributed by atoms with Crippen LogP contribution in [0.25, 0.3) is 0 Å². The zero-order valence-electron chi connectivity index (χ0n) is 10.7. The minimum atomic E-state index is -3.51. The molecule has 106 valence electrons. The number of nitrogens with two attached hydrogens (primary N) is 1. The normalized spacial score (nSPS) is 11.4. The summed E-state index contributed by atoms with van der Waals surface area (Å²) < 4.78 is 26.4. The summed E-state index contributed by atoms with van der Waals surface area (Å²) in [5, 5.41) is 0. The molecule has 3 N–H and O–H groups in total. The molecule has 1 heterocycles. The Kier molecular flexibility index (Phi) is 4.99. The van der Waals surface area contributed by atoms with Crippen LogP contribution in [0.1, 0.15) is 0 Å². The first-order chi connectivity index (χ1) is 9.58. The molecule has 0 spiro atoms. The maximum atomic E-state index is 12.0. The molecule has 7 heteroatoms. The van der Waals surface area contributed by atoms with Crippen LogP contribution in [0, 0.1) is 0 Å². The first kappa shape index (κ1) is 14.8. The van der Waals surface area contributed by atoms with Crippen LogP contribution in [0.5, 0.6) is 0 Å². The van der Waals surface area contributed by atoms with E-state index in [-0.39, 0.29) is 4.90 Å². The van der Waals surface area contributed by atoms with E-state index in [4.69, 9.17) is 5.73 Å². The van der Waals surface area contributed by atoms with Crippen LogP contribution >= 0.6 is 11.8 Å². The lowest BCUT2D eigenvalue weighted by Crippen LogP contribution is -2.26. The molecule has 0 aliphatic heterocycles. The SMILES string of the molecule is Nc1ccc(S(=O)(=O)NCCSc2ccccc2)cn1. The molecule has 2 aromatic rings. The van der Waals surface area contributed by atoms with Gasteiger partial charge in [0.1, 0.15) is 10.7 Å². The van der Waals surface area contributed by atoms with Gasteiger partial charge in [0.2, 0.25) is 10.0 Å². The Balaban J connectivity index is 1.85. The molecule has 5 nitrogen and oxygen atoms in total. The van der Waals surface area contributed by atoms with E-state index in [1.54, 1.807) is 11.8 Å². The molecule has 0 saturated carbocycles.